The highest BCUT2D eigenvalue weighted by Gasteiger charge is 2.03. The first-order valence-corrected chi connectivity index (χ1v) is 5.10. The maximum Gasteiger partial charge on any atom is 0.0824 e. The Bertz CT molecular complexity index is 275. The molecule has 14 heavy (non-hydrogen) atoms. The molecule has 76 valence electrons. The molecule has 0 radical (unpaired) electrons. The summed E-state index contributed by atoms with van der Waals surface area (Å²) in [6.07, 6.45) is 4.49. The van der Waals surface area contributed by atoms with Gasteiger partial charge in [0.25, 0.3) is 0 Å². The third kappa shape index (κ3) is 3.75. The van der Waals surface area contributed by atoms with E-state index in [2.05, 4.69) is 19.9 Å². The molecule has 1 nitrogen and oxygen atoms in total. The normalized spacial score (nSPS) is 13.7. The molecule has 0 amide bonds. The predicted octanol–water partition coefficient (Wildman–Crippen LogP) is 3.32. The lowest BCUT2D eigenvalue weighted by atomic mass is 10.1. The third-order valence-electron chi connectivity index (χ3n) is 2.06. The molecule has 1 N–H and O–H groups in total. The molecule has 1 aromatic carbocycles. The standard InChI is InChI=1S/C13H18O/c1-11(2)7-6-10-13(14)12-8-4-3-5-9-12/h3-9,11,13-14H,10H2,1-2H3/b7-6+. The van der Waals surface area contributed by atoms with Crippen molar-refractivity contribution >= 4 is 0 Å². The van der Waals surface area contributed by atoms with Crippen molar-refractivity contribution in [2.75, 3.05) is 0 Å². The quantitative estimate of drug-likeness (QED) is 0.722. The van der Waals surface area contributed by atoms with Crippen LogP contribution in [-0.2, 0) is 0 Å². The second-order valence-corrected chi connectivity index (χ2v) is 3.83. The first kappa shape index (κ1) is 11.0. The van der Waals surface area contributed by atoms with Crippen molar-refractivity contribution in [2.45, 2.75) is 26.4 Å². The van der Waals surface area contributed by atoms with Gasteiger partial charge in [-0.05, 0) is 17.9 Å². The van der Waals surface area contributed by atoms with Gasteiger partial charge in [-0.1, -0.05) is 56.3 Å². The molecule has 1 rings (SSSR count). The van der Waals surface area contributed by atoms with Crippen molar-refractivity contribution in [1.82, 2.24) is 0 Å². The number of rotatable bonds is 4. The molecule has 0 saturated heterocycles. The molecule has 0 aromatic heterocycles. The van der Waals surface area contributed by atoms with Crippen LogP contribution in [0.15, 0.2) is 42.5 Å². The fourth-order valence-electron chi connectivity index (χ4n) is 1.29. The fourth-order valence-corrected chi connectivity index (χ4v) is 1.29. The molecule has 1 aromatic rings. The molecule has 1 heteroatoms. The van der Waals surface area contributed by atoms with Crippen LogP contribution in [0.3, 0.4) is 0 Å². The smallest absolute Gasteiger partial charge is 0.0824 e. The van der Waals surface area contributed by atoms with Gasteiger partial charge < -0.3 is 5.11 Å². The predicted molar refractivity (Wildman–Crippen MR) is 60.0 cm³/mol. The summed E-state index contributed by atoms with van der Waals surface area (Å²) in [7, 11) is 0. The molecule has 0 saturated carbocycles. The van der Waals surface area contributed by atoms with E-state index < -0.39 is 0 Å². The van der Waals surface area contributed by atoms with E-state index in [1.807, 2.05) is 36.4 Å². The van der Waals surface area contributed by atoms with Crippen molar-refractivity contribution < 1.29 is 5.11 Å². The summed E-state index contributed by atoms with van der Waals surface area (Å²) in [4.78, 5) is 0. The summed E-state index contributed by atoms with van der Waals surface area (Å²) in [5, 5.41) is 9.78. The topological polar surface area (TPSA) is 20.2 Å². The summed E-state index contributed by atoms with van der Waals surface area (Å²) < 4.78 is 0. The second kappa shape index (κ2) is 5.61. The molecule has 0 fully saturated rings. The zero-order valence-corrected chi connectivity index (χ0v) is 8.85. The number of allylic oxidation sites excluding steroid dienone is 1. The van der Waals surface area contributed by atoms with E-state index in [1.54, 1.807) is 0 Å². The van der Waals surface area contributed by atoms with Gasteiger partial charge in [-0.15, -0.1) is 0 Å². The number of aliphatic hydroxyl groups excluding tert-OH is 1. The van der Waals surface area contributed by atoms with Crippen LogP contribution in [0.4, 0.5) is 0 Å². The fraction of sp³-hybridized carbons (Fsp3) is 0.385. The molecule has 0 aliphatic rings. The van der Waals surface area contributed by atoms with Crippen LogP contribution < -0.4 is 0 Å². The Morgan fingerprint density at radius 2 is 1.86 bits per heavy atom. The molecule has 1 atom stereocenters. The Balaban J connectivity index is 2.47. The van der Waals surface area contributed by atoms with Gasteiger partial charge in [-0.3, -0.25) is 0 Å². The largest absolute Gasteiger partial charge is 0.388 e. The van der Waals surface area contributed by atoms with Gasteiger partial charge in [-0.2, -0.15) is 0 Å². The van der Waals surface area contributed by atoms with Crippen molar-refractivity contribution in [3.05, 3.63) is 48.0 Å². The Hall–Kier alpha value is -1.08. The van der Waals surface area contributed by atoms with Gasteiger partial charge in [0.05, 0.1) is 6.10 Å². The van der Waals surface area contributed by atoms with Crippen LogP contribution in [0.2, 0.25) is 0 Å². The number of hydrogen-bond donors (Lipinski definition) is 1. The van der Waals surface area contributed by atoms with Crippen LogP contribution in [0.1, 0.15) is 31.9 Å². The lowest BCUT2D eigenvalue weighted by Crippen LogP contribution is -1.94. The van der Waals surface area contributed by atoms with Gasteiger partial charge in [0.2, 0.25) is 0 Å². The average molecular weight is 190 g/mol. The van der Waals surface area contributed by atoms with E-state index >= 15 is 0 Å². The van der Waals surface area contributed by atoms with Crippen LogP contribution in [0.5, 0.6) is 0 Å². The maximum absolute atomic E-state index is 9.78. The van der Waals surface area contributed by atoms with E-state index in [4.69, 9.17) is 0 Å². The minimum Gasteiger partial charge on any atom is -0.388 e. The maximum atomic E-state index is 9.78. The lowest BCUT2D eigenvalue weighted by molar-refractivity contribution is 0.181. The van der Waals surface area contributed by atoms with Crippen LogP contribution in [0, 0.1) is 5.92 Å². The minimum atomic E-state index is -0.369. The molecular weight excluding hydrogens is 172 g/mol. The first-order chi connectivity index (χ1) is 6.70. The SMILES string of the molecule is CC(C)/C=C/CC(O)c1ccccc1. The minimum absolute atomic E-state index is 0.369. The van der Waals surface area contributed by atoms with Crippen molar-refractivity contribution in [3.8, 4) is 0 Å². The average Bonchev–Trinajstić information content (AvgIpc) is 2.18. The monoisotopic (exact) mass is 190 g/mol. The van der Waals surface area contributed by atoms with E-state index in [0.717, 1.165) is 5.56 Å². The van der Waals surface area contributed by atoms with E-state index in [9.17, 15) is 5.11 Å². The highest BCUT2D eigenvalue weighted by molar-refractivity contribution is 5.17. The molecule has 0 spiro atoms. The zero-order valence-electron chi connectivity index (χ0n) is 8.85. The van der Waals surface area contributed by atoms with Gasteiger partial charge in [-0.25, -0.2) is 0 Å². The molecule has 0 aliphatic heterocycles. The molecule has 1 unspecified atom stereocenters. The highest BCUT2D eigenvalue weighted by atomic mass is 16.3. The first-order valence-electron chi connectivity index (χ1n) is 5.10. The highest BCUT2D eigenvalue weighted by Crippen LogP contribution is 2.16. The second-order valence-electron chi connectivity index (χ2n) is 3.83. The Morgan fingerprint density at radius 3 is 2.43 bits per heavy atom. The van der Waals surface area contributed by atoms with Gasteiger partial charge in [0.15, 0.2) is 0 Å². The number of benzene rings is 1. The van der Waals surface area contributed by atoms with E-state index in [1.165, 1.54) is 0 Å². The summed E-state index contributed by atoms with van der Waals surface area (Å²) in [6.45, 7) is 4.26. The number of hydrogen-bond acceptors (Lipinski definition) is 1. The summed E-state index contributed by atoms with van der Waals surface area (Å²) in [6, 6.07) is 9.76. The Morgan fingerprint density at radius 1 is 1.21 bits per heavy atom. The Kier molecular flexibility index (Phi) is 4.41. The summed E-state index contributed by atoms with van der Waals surface area (Å²) in [5.74, 6) is 0.554. The third-order valence-corrected chi connectivity index (χ3v) is 2.06. The summed E-state index contributed by atoms with van der Waals surface area (Å²) in [5.41, 5.74) is 0.987. The van der Waals surface area contributed by atoms with Gasteiger partial charge >= 0.3 is 0 Å². The molecular formula is C13H18O. The molecule has 0 aliphatic carbocycles. The van der Waals surface area contributed by atoms with Crippen LogP contribution in [-0.4, -0.2) is 5.11 Å². The molecule has 0 heterocycles. The lowest BCUT2D eigenvalue weighted by Gasteiger charge is -2.07. The van der Waals surface area contributed by atoms with Crippen molar-refractivity contribution in [3.63, 3.8) is 0 Å². The number of aliphatic hydroxyl groups is 1. The summed E-state index contributed by atoms with van der Waals surface area (Å²) >= 11 is 0. The van der Waals surface area contributed by atoms with Gasteiger partial charge in [0, 0.05) is 0 Å². The van der Waals surface area contributed by atoms with E-state index in [-0.39, 0.29) is 6.10 Å². The van der Waals surface area contributed by atoms with Crippen LogP contribution >= 0.6 is 0 Å². The van der Waals surface area contributed by atoms with Crippen LogP contribution in [0.25, 0.3) is 0 Å². The van der Waals surface area contributed by atoms with E-state index in [0.29, 0.717) is 12.3 Å². The molecule has 0 bridgehead atoms. The zero-order chi connectivity index (χ0) is 10.4. The van der Waals surface area contributed by atoms with Crippen molar-refractivity contribution in [2.24, 2.45) is 5.92 Å². The Labute approximate surface area is 86.1 Å². The van der Waals surface area contributed by atoms with Gasteiger partial charge in [0.1, 0.15) is 0 Å². The van der Waals surface area contributed by atoms with Crippen molar-refractivity contribution in [1.29, 1.82) is 0 Å².